The highest BCUT2D eigenvalue weighted by Gasteiger charge is 2.24. The van der Waals surface area contributed by atoms with Gasteiger partial charge in [-0.05, 0) is 49.2 Å². The fraction of sp³-hybridized carbons (Fsp3) is 0.250. The highest BCUT2D eigenvalue weighted by atomic mass is 16.6. The number of H-pyrrole nitrogens is 1. The number of nitrogens with one attached hydrogen (secondary N) is 1. The first kappa shape index (κ1) is 21.0. The minimum Gasteiger partial charge on any atom is -0.436 e. The fourth-order valence-electron chi connectivity index (χ4n) is 3.96. The lowest BCUT2D eigenvalue weighted by molar-refractivity contribution is -0.0536. The maximum Gasteiger partial charge on any atom is 0.263 e. The van der Waals surface area contributed by atoms with Crippen LogP contribution in [-0.2, 0) is 4.74 Å². The van der Waals surface area contributed by atoms with E-state index in [-0.39, 0.29) is 18.7 Å². The maximum atomic E-state index is 12.8. The summed E-state index contributed by atoms with van der Waals surface area (Å²) in [6, 6.07) is 14.4. The molecule has 4 aromatic rings. The van der Waals surface area contributed by atoms with Crippen LogP contribution in [0.25, 0.3) is 11.0 Å². The quantitative estimate of drug-likeness (QED) is 0.329. The molecule has 5 rings (SSSR count). The molecule has 0 aliphatic carbocycles. The molecule has 0 spiro atoms. The number of ketones is 1. The number of carbonyl (C=O) groups excluding carboxylic acids is 1. The highest BCUT2D eigenvalue weighted by molar-refractivity contribution is 6.08. The first-order valence-electron chi connectivity index (χ1n) is 10.8. The van der Waals surface area contributed by atoms with E-state index in [1.807, 2.05) is 29.2 Å². The minimum absolute atomic E-state index is 0.0675. The first-order chi connectivity index (χ1) is 16.2. The molecule has 9 heteroatoms. The number of para-hydroxylation sites is 2. The van der Waals surface area contributed by atoms with E-state index in [2.05, 4.69) is 19.9 Å². The average Bonchev–Trinajstić information content (AvgIpc) is 3.29. The van der Waals surface area contributed by atoms with Gasteiger partial charge in [0.25, 0.3) is 5.88 Å². The van der Waals surface area contributed by atoms with Crippen molar-refractivity contribution in [3.8, 4) is 11.6 Å². The molecule has 0 bridgehead atoms. The summed E-state index contributed by atoms with van der Waals surface area (Å²) in [5.41, 5.74) is 2.07. The Morgan fingerprint density at radius 2 is 1.94 bits per heavy atom. The number of aliphatic hydroxyl groups is 1. The number of nitrogens with zero attached hydrogens (tertiary/aromatic N) is 4. The number of hydrogen-bond donors (Lipinski definition) is 2. The van der Waals surface area contributed by atoms with E-state index in [0.29, 0.717) is 35.4 Å². The largest absolute Gasteiger partial charge is 0.436 e. The second-order valence-corrected chi connectivity index (χ2v) is 7.75. The lowest BCUT2D eigenvalue weighted by atomic mass is 10.1. The SMILES string of the molecule is O=C(c1ccc(Oc2nccnc2N2CCCC(OCO)C2)cc1)c1nc2ccccc2[nH]1. The highest BCUT2D eigenvalue weighted by Crippen LogP contribution is 2.30. The van der Waals surface area contributed by atoms with E-state index in [9.17, 15) is 4.79 Å². The first-order valence-corrected chi connectivity index (χ1v) is 10.8. The summed E-state index contributed by atoms with van der Waals surface area (Å²) in [6.45, 7) is 1.09. The molecule has 9 nitrogen and oxygen atoms in total. The van der Waals surface area contributed by atoms with E-state index in [0.717, 1.165) is 30.4 Å². The summed E-state index contributed by atoms with van der Waals surface area (Å²) in [6.07, 6.45) is 4.92. The van der Waals surface area contributed by atoms with E-state index >= 15 is 0 Å². The Kier molecular flexibility index (Phi) is 5.97. The normalized spacial score (nSPS) is 16.2. The third kappa shape index (κ3) is 4.55. The monoisotopic (exact) mass is 445 g/mol. The van der Waals surface area contributed by atoms with Gasteiger partial charge in [-0.25, -0.2) is 15.0 Å². The summed E-state index contributed by atoms with van der Waals surface area (Å²) >= 11 is 0. The predicted molar refractivity (Wildman–Crippen MR) is 121 cm³/mol. The van der Waals surface area contributed by atoms with Crippen molar-refractivity contribution in [3.05, 3.63) is 72.3 Å². The number of hydrogen-bond acceptors (Lipinski definition) is 8. The number of aromatic nitrogens is 4. The van der Waals surface area contributed by atoms with Crippen molar-refractivity contribution in [1.82, 2.24) is 19.9 Å². The van der Waals surface area contributed by atoms with Crippen LogP contribution < -0.4 is 9.64 Å². The molecule has 1 unspecified atom stereocenters. The van der Waals surface area contributed by atoms with E-state index < -0.39 is 0 Å². The van der Waals surface area contributed by atoms with Crippen molar-refractivity contribution in [2.45, 2.75) is 18.9 Å². The van der Waals surface area contributed by atoms with Crippen molar-refractivity contribution in [2.24, 2.45) is 0 Å². The van der Waals surface area contributed by atoms with Gasteiger partial charge in [-0.1, -0.05) is 12.1 Å². The molecule has 1 aliphatic rings. The van der Waals surface area contributed by atoms with Crippen LogP contribution in [0.1, 0.15) is 29.0 Å². The van der Waals surface area contributed by atoms with Crippen molar-refractivity contribution in [2.75, 3.05) is 24.8 Å². The molecule has 0 radical (unpaired) electrons. The van der Waals surface area contributed by atoms with Crippen LogP contribution in [0.4, 0.5) is 5.82 Å². The Bertz CT molecular complexity index is 1220. The summed E-state index contributed by atoms with van der Waals surface area (Å²) in [7, 11) is 0. The van der Waals surface area contributed by atoms with Crippen LogP contribution in [-0.4, -0.2) is 56.8 Å². The number of fused-ring (bicyclic) bond motifs is 1. The van der Waals surface area contributed by atoms with Crippen molar-refractivity contribution in [3.63, 3.8) is 0 Å². The summed E-state index contributed by atoms with van der Waals surface area (Å²) in [4.78, 5) is 31.1. The fourth-order valence-corrected chi connectivity index (χ4v) is 3.96. The Labute approximate surface area is 190 Å². The zero-order valence-electron chi connectivity index (χ0n) is 17.8. The van der Waals surface area contributed by atoms with Gasteiger partial charge in [0.05, 0.1) is 17.1 Å². The van der Waals surface area contributed by atoms with Crippen LogP contribution in [0.2, 0.25) is 0 Å². The Balaban J connectivity index is 1.32. The molecular weight excluding hydrogens is 422 g/mol. The zero-order chi connectivity index (χ0) is 22.6. The van der Waals surface area contributed by atoms with Gasteiger partial charge < -0.3 is 24.5 Å². The smallest absolute Gasteiger partial charge is 0.263 e. The molecule has 1 fully saturated rings. The second-order valence-electron chi connectivity index (χ2n) is 7.75. The zero-order valence-corrected chi connectivity index (χ0v) is 17.8. The van der Waals surface area contributed by atoms with Crippen LogP contribution in [0, 0.1) is 0 Å². The van der Waals surface area contributed by atoms with Crippen LogP contribution in [0.5, 0.6) is 11.6 Å². The second kappa shape index (κ2) is 9.35. The molecule has 1 atom stereocenters. The number of carbonyl (C=O) groups is 1. The van der Waals surface area contributed by atoms with Gasteiger partial charge in [-0.15, -0.1) is 0 Å². The minimum atomic E-state index is -0.304. The number of piperidine rings is 1. The molecule has 0 saturated carbocycles. The number of aromatic amines is 1. The van der Waals surface area contributed by atoms with Gasteiger partial charge in [-0.3, -0.25) is 4.79 Å². The van der Waals surface area contributed by atoms with E-state index in [1.165, 1.54) is 0 Å². The maximum absolute atomic E-state index is 12.8. The van der Waals surface area contributed by atoms with Gasteiger partial charge >= 0.3 is 0 Å². The van der Waals surface area contributed by atoms with Gasteiger partial charge in [0.2, 0.25) is 5.78 Å². The van der Waals surface area contributed by atoms with Gasteiger partial charge in [-0.2, -0.15) is 0 Å². The molecule has 33 heavy (non-hydrogen) atoms. The number of anilines is 1. The molecule has 1 aliphatic heterocycles. The van der Waals surface area contributed by atoms with Crippen molar-refractivity contribution < 1.29 is 19.4 Å². The average molecular weight is 445 g/mol. The Morgan fingerprint density at radius 1 is 1.12 bits per heavy atom. The molecule has 2 aromatic heterocycles. The molecule has 3 heterocycles. The van der Waals surface area contributed by atoms with Crippen LogP contribution in [0.3, 0.4) is 0 Å². The van der Waals surface area contributed by atoms with Crippen molar-refractivity contribution in [1.29, 1.82) is 0 Å². The number of imidazole rings is 1. The lowest BCUT2D eigenvalue weighted by Gasteiger charge is -2.33. The molecular formula is C24H23N5O4. The number of rotatable bonds is 7. The Morgan fingerprint density at radius 3 is 2.76 bits per heavy atom. The third-order valence-electron chi connectivity index (χ3n) is 5.57. The number of benzene rings is 2. The number of ether oxygens (including phenoxy) is 2. The van der Waals surface area contributed by atoms with Gasteiger partial charge in [0.1, 0.15) is 12.5 Å². The summed E-state index contributed by atoms with van der Waals surface area (Å²) < 4.78 is 11.4. The molecule has 168 valence electrons. The number of aliphatic hydroxyl groups excluding tert-OH is 1. The van der Waals surface area contributed by atoms with Crippen molar-refractivity contribution >= 4 is 22.6 Å². The van der Waals surface area contributed by atoms with Gasteiger partial charge in [0, 0.05) is 31.0 Å². The predicted octanol–water partition coefficient (Wildman–Crippen LogP) is 3.31. The van der Waals surface area contributed by atoms with Crippen LogP contribution in [0.15, 0.2) is 60.9 Å². The Hall–Kier alpha value is -3.82. The van der Waals surface area contributed by atoms with Gasteiger partial charge in [0.15, 0.2) is 11.6 Å². The van der Waals surface area contributed by atoms with E-state index in [1.54, 1.807) is 36.7 Å². The molecule has 2 N–H and O–H groups in total. The molecule has 2 aromatic carbocycles. The molecule has 0 amide bonds. The lowest BCUT2D eigenvalue weighted by Crippen LogP contribution is -2.40. The third-order valence-corrected chi connectivity index (χ3v) is 5.57. The topological polar surface area (TPSA) is 113 Å². The standard InChI is InChI=1S/C24H23N5O4/c30-15-32-18-4-3-13-29(14-18)23-24(26-12-11-25-23)33-17-9-7-16(8-10-17)21(31)22-27-19-5-1-2-6-20(19)28-22/h1-2,5-12,18,30H,3-4,13-15H2,(H,27,28). The molecule has 1 saturated heterocycles. The summed E-state index contributed by atoms with van der Waals surface area (Å²) in [5, 5.41) is 9.07. The van der Waals surface area contributed by atoms with Crippen LogP contribution >= 0.6 is 0 Å². The van der Waals surface area contributed by atoms with E-state index in [4.69, 9.17) is 14.6 Å². The summed E-state index contributed by atoms with van der Waals surface area (Å²) in [5.74, 6) is 1.63.